The molecule has 7 nitrogen and oxygen atoms in total. The first kappa shape index (κ1) is 24.1. The zero-order chi connectivity index (χ0) is 19.1. The maximum atomic E-state index is 5.34. The second-order valence-electron chi connectivity index (χ2n) is 6.10. The van der Waals surface area contributed by atoms with Crippen LogP contribution in [-0.2, 0) is 17.8 Å². The van der Waals surface area contributed by atoms with E-state index in [0.29, 0.717) is 13.1 Å². The van der Waals surface area contributed by atoms with Gasteiger partial charge in [0.2, 0.25) is 0 Å². The Balaban J connectivity index is 0.00000364. The van der Waals surface area contributed by atoms with Gasteiger partial charge in [0.05, 0.1) is 24.5 Å². The van der Waals surface area contributed by atoms with Crippen molar-refractivity contribution in [3.63, 3.8) is 0 Å². The van der Waals surface area contributed by atoms with E-state index in [9.17, 15) is 0 Å². The highest BCUT2D eigenvalue weighted by Gasteiger charge is 2.13. The number of rotatable bonds is 8. The van der Waals surface area contributed by atoms with E-state index >= 15 is 0 Å². The summed E-state index contributed by atoms with van der Waals surface area (Å²) in [7, 11) is 7.72. The molecule has 0 saturated carbocycles. The topological polar surface area (TPSA) is 65.9 Å². The number of halogens is 1. The summed E-state index contributed by atoms with van der Waals surface area (Å²) < 4.78 is 5.34. The molecule has 0 radical (unpaired) electrons. The number of anilines is 1. The average Bonchev–Trinajstić information content (AvgIpc) is 3.27. The lowest BCUT2D eigenvalue weighted by Gasteiger charge is -2.21. The maximum Gasteiger partial charge on any atom is 0.194 e. The molecule has 2 aromatic rings. The molecule has 0 fully saturated rings. The van der Waals surface area contributed by atoms with Crippen LogP contribution in [0.1, 0.15) is 36.3 Å². The first-order chi connectivity index (χ1) is 12.4. The Hall–Kier alpha value is -0.980. The fraction of sp³-hybridized carbons (Fsp3) is 0.588. The number of guanidine groups is 1. The zero-order valence-corrected chi connectivity index (χ0v) is 20.7. The first-order valence-electron chi connectivity index (χ1n) is 8.52. The minimum absolute atomic E-state index is 0. The monoisotopic (exact) mass is 524 g/mol. The third kappa shape index (κ3) is 7.16. The quantitative estimate of drug-likeness (QED) is 0.324. The lowest BCUT2D eigenvalue weighted by atomic mass is 10.4. The number of thiazole rings is 2. The van der Waals surface area contributed by atoms with Crippen LogP contribution in [0.3, 0.4) is 0 Å². The fourth-order valence-corrected chi connectivity index (χ4v) is 3.79. The van der Waals surface area contributed by atoms with Gasteiger partial charge in [0, 0.05) is 45.6 Å². The number of ether oxygens (including phenoxy) is 1. The Morgan fingerprint density at radius 2 is 1.93 bits per heavy atom. The van der Waals surface area contributed by atoms with Gasteiger partial charge in [0.25, 0.3) is 0 Å². The number of hydrogen-bond donors (Lipinski definition) is 1. The van der Waals surface area contributed by atoms with Crippen LogP contribution in [0, 0.1) is 0 Å². The Kier molecular flexibility index (Phi) is 10.5. The molecular formula is C17H29IN6OS2. The van der Waals surface area contributed by atoms with Gasteiger partial charge in [-0.25, -0.2) is 15.0 Å². The average molecular weight is 524 g/mol. The van der Waals surface area contributed by atoms with E-state index < -0.39 is 0 Å². The molecule has 2 heterocycles. The third-order valence-corrected chi connectivity index (χ3v) is 5.79. The molecular weight excluding hydrogens is 495 g/mol. The second kappa shape index (κ2) is 11.8. The van der Waals surface area contributed by atoms with Crippen LogP contribution in [0.25, 0.3) is 0 Å². The Bertz CT molecular complexity index is 718. The summed E-state index contributed by atoms with van der Waals surface area (Å²) in [6.07, 6.45) is 0.0246. The molecule has 0 aliphatic rings. The van der Waals surface area contributed by atoms with Crippen molar-refractivity contribution < 1.29 is 4.74 Å². The predicted octanol–water partition coefficient (Wildman–Crippen LogP) is 3.59. The summed E-state index contributed by atoms with van der Waals surface area (Å²) in [5.74, 6) is 0.848. The van der Waals surface area contributed by atoms with Gasteiger partial charge >= 0.3 is 0 Å². The van der Waals surface area contributed by atoms with E-state index in [-0.39, 0.29) is 30.1 Å². The van der Waals surface area contributed by atoms with Crippen LogP contribution in [0.15, 0.2) is 15.8 Å². The molecule has 0 aromatic carbocycles. The fourth-order valence-electron chi connectivity index (χ4n) is 2.20. The lowest BCUT2D eigenvalue weighted by molar-refractivity contribution is 0.119. The van der Waals surface area contributed by atoms with Crippen molar-refractivity contribution in [2.75, 3.05) is 39.7 Å². The predicted molar refractivity (Wildman–Crippen MR) is 126 cm³/mol. The number of methoxy groups -OCH3 is 1. The van der Waals surface area contributed by atoms with Gasteiger partial charge in [0.1, 0.15) is 11.1 Å². The van der Waals surface area contributed by atoms with Gasteiger partial charge < -0.3 is 19.9 Å². The molecule has 0 spiro atoms. The highest BCUT2D eigenvalue weighted by atomic mass is 127. The van der Waals surface area contributed by atoms with E-state index in [0.717, 1.165) is 34.0 Å². The van der Waals surface area contributed by atoms with Crippen molar-refractivity contribution in [3.8, 4) is 0 Å². The van der Waals surface area contributed by atoms with Crippen molar-refractivity contribution in [2.24, 2.45) is 4.99 Å². The third-order valence-electron chi connectivity index (χ3n) is 3.68. The minimum atomic E-state index is 0. The number of aliphatic imine (C=N–C) groups is 1. The molecule has 0 saturated heterocycles. The maximum absolute atomic E-state index is 5.34. The smallest absolute Gasteiger partial charge is 0.194 e. The summed E-state index contributed by atoms with van der Waals surface area (Å²) >= 11 is 3.26. The second-order valence-corrected chi connectivity index (χ2v) is 7.82. The Morgan fingerprint density at radius 3 is 2.52 bits per heavy atom. The standard InChI is InChI=1S/C17H28N6OS2.HI/c1-7-18-16(19-8-13-10-26-17(21-13)22(3)4)23(5)9-14-11-25-15(20-14)12(2)24-6;/h10-12H,7-9H2,1-6H3,(H,18,19);1H. The molecule has 2 aromatic heterocycles. The van der Waals surface area contributed by atoms with Crippen molar-refractivity contribution in [1.29, 1.82) is 0 Å². The molecule has 0 amide bonds. The van der Waals surface area contributed by atoms with Crippen LogP contribution in [0.4, 0.5) is 5.13 Å². The largest absolute Gasteiger partial charge is 0.375 e. The normalized spacial score (nSPS) is 12.4. The van der Waals surface area contributed by atoms with Gasteiger partial charge in [-0.15, -0.1) is 46.7 Å². The zero-order valence-electron chi connectivity index (χ0n) is 16.7. The molecule has 152 valence electrons. The van der Waals surface area contributed by atoms with Crippen LogP contribution in [-0.4, -0.2) is 55.6 Å². The van der Waals surface area contributed by atoms with Crippen molar-refractivity contribution in [2.45, 2.75) is 33.0 Å². The van der Waals surface area contributed by atoms with E-state index in [1.54, 1.807) is 29.8 Å². The highest BCUT2D eigenvalue weighted by molar-refractivity contribution is 14.0. The Labute approximate surface area is 186 Å². The number of hydrogen-bond acceptors (Lipinski definition) is 7. The van der Waals surface area contributed by atoms with Crippen molar-refractivity contribution in [3.05, 3.63) is 27.2 Å². The summed E-state index contributed by atoms with van der Waals surface area (Å²) in [4.78, 5) is 18.1. The van der Waals surface area contributed by atoms with Crippen LogP contribution >= 0.6 is 46.7 Å². The van der Waals surface area contributed by atoms with Gasteiger partial charge in [-0.05, 0) is 13.8 Å². The van der Waals surface area contributed by atoms with Crippen LogP contribution < -0.4 is 10.2 Å². The summed E-state index contributed by atoms with van der Waals surface area (Å²) in [6, 6.07) is 0. The lowest BCUT2D eigenvalue weighted by Crippen LogP contribution is -2.38. The molecule has 10 heteroatoms. The molecule has 0 aliphatic heterocycles. The number of nitrogens with zero attached hydrogens (tertiary/aromatic N) is 5. The van der Waals surface area contributed by atoms with Gasteiger partial charge in [-0.3, -0.25) is 0 Å². The first-order valence-corrected chi connectivity index (χ1v) is 10.3. The van der Waals surface area contributed by atoms with E-state index in [2.05, 4.69) is 37.9 Å². The van der Waals surface area contributed by atoms with Crippen LogP contribution in [0.2, 0.25) is 0 Å². The van der Waals surface area contributed by atoms with Gasteiger partial charge in [0.15, 0.2) is 11.1 Å². The summed E-state index contributed by atoms with van der Waals surface area (Å²) in [6.45, 7) is 6.14. The van der Waals surface area contributed by atoms with Crippen molar-refractivity contribution >= 4 is 57.7 Å². The van der Waals surface area contributed by atoms with E-state index in [1.807, 2.05) is 33.0 Å². The molecule has 0 aliphatic carbocycles. The minimum Gasteiger partial charge on any atom is -0.375 e. The molecule has 0 bridgehead atoms. The SMILES string of the molecule is CCNC(=NCc1csc(N(C)C)n1)N(C)Cc1csc(C(C)OC)n1.I. The van der Waals surface area contributed by atoms with Crippen LogP contribution in [0.5, 0.6) is 0 Å². The molecule has 27 heavy (non-hydrogen) atoms. The van der Waals surface area contributed by atoms with Crippen molar-refractivity contribution in [1.82, 2.24) is 20.2 Å². The summed E-state index contributed by atoms with van der Waals surface area (Å²) in [5.41, 5.74) is 2.00. The van der Waals surface area contributed by atoms with E-state index in [4.69, 9.17) is 9.73 Å². The molecule has 1 unspecified atom stereocenters. The highest BCUT2D eigenvalue weighted by Crippen LogP contribution is 2.21. The van der Waals surface area contributed by atoms with Gasteiger partial charge in [-0.1, -0.05) is 0 Å². The summed E-state index contributed by atoms with van der Waals surface area (Å²) in [5, 5.41) is 9.46. The molecule has 1 atom stereocenters. The van der Waals surface area contributed by atoms with Gasteiger partial charge in [-0.2, -0.15) is 0 Å². The Morgan fingerprint density at radius 1 is 1.22 bits per heavy atom. The molecule has 2 rings (SSSR count). The molecule has 1 N–H and O–H groups in total. The number of aromatic nitrogens is 2. The van der Waals surface area contributed by atoms with E-state index in [1.165, 1.54) is 0 Å². The number of nitrogens with one attached hydrogen (secondary N) is 1.